The van der Waals surface area contributed by atoms with Crippen LogP contribution in [0.3, 0.4) is 0 Å². The molecular formula is C24H32O9. The highest BCUT2D eigenvalue weighted by Crippen LogP contribution is 2.50. The SMILES string of the molecule is CC1=CC23OCCCCOC45C=C(C)OC(=O)C4CC5OCCOCCOC2CC3C(=O)O1. The van der Waals surface area contributed by atoms with Gasteiger partial charge < -0.3 is 33.2 Å². The molecule has 9 nitrogen and oxygen atoms in total. The van der Waals surface area contributed by atoms with Crippen LogP contribution >= 0.6 is 0 Å². The molecule has 0 aromatic rings. The van der Waals surface area contributed by atoms with E-state index in [2.05, 4.69) is 0 Å². The molecule has 0 radical (unpaired) electrons. The Morgan fingerprint density at radius 3 is 1.61 bits per heavy atom. The molecule has 33 heavy (non-hydrogen) atoms. The van der Waals surface area contributed by atoms with Crippen LogP contribution in [0.25, 0.3) is 0 Å². The smallest absolute Gasteiger partial charge is 0.317 e. The third-order valence-electron chi connectivity index (χ3n) is 7.28. The van der Waals surface area contributed by atoms with E-state index < -0.39 is 11.2 Å². The quantitative estimate of drug-likeness (QED) is 0.499. The molecule has 182 valence electrons. The average molecular weight is 465 g/mol. The van der Waals surface area contributed by atoms with Crippen LogP contribution in [0.5, 0.6) is 0 Å². The average Bonchev–Trinajstić information content (AvgIpc) is 2.74. The van der Waals surface area contributed by atoms with Gasteiger partial charge in [0.25, 0.3) is 0 Å². The fourth-order valence-corrected chi connectivity index (χ4v) is 5.56. The minimum absolute atomic E-state index is 0.214. The predicted octanol–water partition coefficient (Wildman–Crippen LogP) is 2.04. The van der Waals surface area contributed by atoms with E-state index >= 15 is 0 Å². The standard InChI is InChI=1S/C24H32O9/c1-15-13-23-17(21(25)32-15)11-19(23)28-9-7-27-8-10-29-20-12-18-22(26)33-16(2)14-24(18,20)31-6-4-3-5-30-23/h13-14,17-20H,3-12H2,1-2H3. The second-order valence-electron chi connectivity index (χ2n) is 9.37. The highest BCUT2D eigenvalue weighted by molar-refractivity contribution is 5.79. The van der Waals surface area contributed by atoms with Gasteiger partial charge >= 0.3 is 11.9 Å². The molecule has 0 aromatic carbocycles. The Morgan fingerprint density at radius 1 is 0.697 bits per heavy atom. The number of hydrogen-bond acceptors (Lipinski definition) is 9. The van der Waals surface area contributed by atoms with E-state index in [1.165, 1.54) is 0 Å². The Balaban J connectivity index is 1.27. The van der Waals surface area contributed by atoms with Crippen LogP contribution < -0.4 is 0 Å². The maximum atomic E-state index is 12.4. The Kier molecular flexibility index (Phi) is 6.35. The van der Waals surface area contributed by atoms with Gasteiger partial charge in [0.15, 0.2) is 0 Å². The van der Waals surface area contributed by atoms with Gasteiger partial charge in [0, 0.05) is 13.2 Å². The first-order valence-electron chi connectivity index (χ1n) is 11.9. The third kappa shape index (κ3) is 4.04. The highest BCUT2D eigenvalue weighted by Gasteiger charge is 2.63. The molecule has 2 saturated carbocycles. The van der Waals surface area contributed by atoms with Gasteiger partial charge in [-0.05, 0) is 51.7 Å². The molecule has 3 fully saturated rings. The van der Waals surface area contributed by atoms with Crippen molar-refractivity contribution in [2.75, 3.05) is 39.6 Å². The molecule has 6 atom stereocenters. The van der Waals surface area contributed by atoms with E-state index in [1.807, 2.05) is 12.2 Å². The van der Waals surface area contributed by atoms with Crippen molar-refractivity contribution < 1.29 is 42.7 Å². The van der Waals surface area contributed by atoms with Crippen molar-refractivity contribution in [2.45, 2.75) is 62.9 Å². The van der Waals surface area contributed by atoms with Gasteiger partial charge in [-0.25, -0.2) is 0 Å². The topological polar surface area (TPSA) is 98.8 Å². The zero-order valence-electron chi connectivity index (χ0n) is 19.2. The molecule has 0 bridgehead atoms. The van der Waals surface area contributed by atoms with E-state index in [1.54, 1.807) is 13.8 Å². The van der Waals surface area contributed by atoms with Crippen molar-refractivity contribution in [3.05, 3.63) is 23.7 Å². The van der Waals surface area contributed by atoms with Crippen LogP contribution in [0.2, 0.25) is 0 Å². The normalized spacial score (nSPS) is 42.2. The minimum atomic E-state index is -0.785. The lowest BCUT2D eigenvalue weighted by molar-refractivity contribution is -0.232. The minimum Gasteiger partial charge on any atom is -0.431 e. The molecule has 3 aliphatic heterocycles. The summed E-state index contributed by atoms with van der Waals surface area (Å²) in [6, 6.07) is 0. The lowest BCUT2D eigenvalue weighted by Crippen LogP contribution is -2.65. The second kappa shape index (κ2) is 9.11. The van der Waals surface area contributed by atoms with Crippen molar-refractivity contribution >= 4 is 11.9 Å². The van der Waals surface area contributed by atoms with Crippen molar-refractivity contribution in [1.82, 2.24) is 0 Å². The first-order valence-corrected chi connectivity index (χ1v) is 11.9. The van der Waals surface area contributed by atoms with Crippen LogP contribution in [0, 0.1) is 11.8 Å². The Labute approximate surface area is 193 Å². The molecule has 2 aliphatic carbocycles. The van der Waals surface area contributed by atoms with Gasteiger partial charge in [-0.2, -0.15) is 0 Å². The fourth-order valence-electron chi connectivity index (χ4n) is 5.56. The van der Waals surface area contributed by atoms with E-state index in [0.29, 0.717) is 64.0 Å². The first-order chi connectivity index (χ1) is 15.9. The molecule has 1 saturated heterocycles. The van der Waals surface area contributed by atoms with Gasteiger partial charge in [0.2, 0.25) is 0 Å². The molecule has 3 heterocycles. The summed E-state index contributed by atoms with van der Waals surface area (Å²) >= 11 is 0. The van der Waals surface area contributed by atoms with Crippen molar-refractivity contribution in [3.8, 4) is 0 Å². The maximum absolute atomic E-state index is 12.4. The largest absolute Gasteiger partial charge is 0.431 e. The lowest BCUT2D eigenvalue weighted by atomic mass is 9.65. The molecule has 0 amide bonds. The van der Waals surface area contributed by atoms with Gasteiger partial charge in [-0.15, -0.1) is 0 Å². The van der Waals surface area contributed by atoms with Crippen LogP contribution in [0.15, 0.2) is 23.7 Å². The van der Waals surface area contributed by atoms with Crippen molar-refractivity contribution in [1.29, 1.82) is 0 Å². The molecule has 9 heteroatoms. The summed E-state index contributed by atoms with van der Waals surface area (Å²) < 4.78 is 40.9. The molecule has 0 aromatic heterocycles. The Hall–Kier alpha value is -1.78. The van der Waals surface area contributed by atoms with Crippen LogP contribution in [0.4, 0.5) is 0 Å². The number of rotatable bonds is 0. The zero-order valence-corrected chi connectivity index (χ0v) is 19.2. The lowest BCUT2D eigenvalue weighted by Gasteiger charge is -2.53. The van der Waals surface area contributed by atoms with Crippen LogP contribution in [-0.2, 0) is 42.7 Å². The predicted molar refractivity (Wildman–Crippen MR) is 113 cm³/mol. The summed E-state index contributed by atoms with van der Waals surface area (Å²) in [7, 11) is 0. The Bertz CT molecular complexity index is 783. The fraction of sp³-hybridized carbons (Fsp3) is 0.750. The maximum Gasteiger partial charge on any atom is 0.317 e. The summed E-state index contributed by atoms with van der Waals surface area (Å²) in [6.45, 7) is 6.06. The number of cyclic esters (lactones) is 2. The van der Waals surface area contributed by atoms with Gasteiger partial charge in [-0.3, -0.25) is 9.59 Å². The van der Waals surface area contributed by atoms with E-state index in [9.17, 15) is 9.59 Å². The van der Waals surface area contributed by atoms with Crippen molar-refractivity contribution in [3.63, 3.8) is 0 Å². The van der Waals surface area contributed by atoms with E-state index in [-0.39, 0.29) is 36.0 Å². The third-order valence-corrected chi connectivity index (χ3v) is 7.28. The number of carbonyl (C=O) groups excluding carboxylic acids is 2. The first kappa shape index (κ1) is 23.0. The summed E-state index contributed by atoms with van der Waals surface area (Å²) in [6.07, 6.45) is 5.97. The van der Waals surface area contributed by atoms with E-state index in [4.69, 9.17) is 33.2 Å². The van der Waals surface area contributed by atoms with Gasteiger partial charge in [0.05, 0.1) is 50.5 Å². The highest BCUT2D eigenvalue weighted by atomic mass is 16.6. The number of hydrogen-bond donors (Lipinski definition) is 0. The summed E-state index contributed by atoms with van der Waals surface area (Å²) in [5, 5.41) is 0. The number of allylic oxidation sites excluding steroid dienone is 2. The number of ether oxygens (including phenoxy) is 7. The molecular weight excluding hydrogens is 432 g/mol. The van der Waals surface area contributed by atoms with E-state index in [0.717, 1.165) is 12.8 Å². The zero-order chi connectivity index (χ0) is 23.1. The molecule has 5 rings (SSSR count). The van der Waals surface area contributed by atoms with Crippen LogP contribution in [-0.4, -0.2) is 75.0 Å². The molecule has 5 aliphatic rings. The van der Waals surface area contributed by atoms with Gasteiger partial charge in [-0.1, -0.05) is 0 Å². The number of esters is 2. The molecule has 6 unspecified atom stereocenters. The summed E-state index contributed by atoms with van der Waals surface area (Å²) in [5.41, 5.74) is -1.57. The second-order valence-corrected chi connectivity index (χ2v) is 9.37. The Morgan fingerprint density at radius 2 is 1.15 bits per heavy atom. The van der Waals surface area contributed by atoms with Crippen molar-refractivity contribution in [2.24, 2.45) is 11.8 Å². The van der Waals surface area contributed by atoms with Gasteiger partial charge in [0.1, 0.15) is 22.7 Å². The summed E-state index contributed by atoms with van der Waals surface area (Å²) in [5.74, 6) is -0.138. The molecule has 2 spiro atoms. The van der Waals surface area contributed by atoms with Crippen LogP contribution in [0.1, 0.15) is 39.5 Å². The number of carbonyl (C=O) groups is 2. The molecule has 0 N–H and O–H groups in total. The monoisotopic (exact) mass is 464 g/mol. The summed E-state index contributed by atoms with van der Waals surface area (Å²) in [4.78, 5) is 24.7.